The number of hydrogen-bond acceptors (Lipinski definition) is 2. The third-order valence-electron chi connectivity index (χ3n) is 2.85. The lowest BCUT2D eigenvalue weighted by Gasteiger charge is -2.14. The van der Waals surface area contributed by atoms with Crippen molar-refractivity contribution in [3.05, 3.63) is 56.2 Å². The Balaban J connectivity index is 2.47. The molecule has 0 saturated carbocycles. The molecule has 0 atom stereocenters. The highest BCUT2D eigenvalue weighted by atomic mass is 79.9. The summed E-state index contributed by atoms with van der Waals surface area (Å²) in [6.07, 6.45) is 0. The van der Waals surface area contributed by atoms with Crippen LogP contribution in [0.1, 0.15) is 11.1 Å². The summed E-state index contributed by atoms with van der Waals surface area (Å²) in [5.74, 6) is -0.506. The summed E-state index contributed by atoms with van der Waals surface area (Å²) >= 11 is 6.43. The van der Waals surface area contributed by atoms with E-state index in [-0.39, 0.29) is 9.37 Å². The minimum atomic E-state index is -3.81. The van der Waals surface area contributed by atoms with E-state index in [1.807, 2.05) is 26.0 Å². The maximum absolute atomic E-state index is 13.1. The van der Waals surface area contributed by atoms with Gasteiger partial charge in [-0.05, 0) is 81.1 Å². The van der Waals surface area contributed by atoms with E-state index in [2.05, 4.69) is 36.6 Å². The molecule has 0 fully saturated rings. The van der Waals surface area contributed by atoms with E-state index >= 15 is 0 Å². The summed E-state index contributed by atoms with van der Waals surface area (Å²) in [6.45, 7) is 3.74. The van der Waals surface area contributed by atoms with Crippen LogP contribution in [0.4, 0.5) is 10.1 Å². The zero-order valence-corrected chi connectivity index (χ0v) is 15.2. The van der Waals surface area contributed by atoms with Crippen molar-refractivity contribution < 1.29 is 12.8 Å². The van der Waals surface area contributed by atoms with Crippen molar-refractivity contribution in [1.82, 2.24) is 0 Å². The van der Waals surface area contributed by atoms with Crippen molar-refractivity contribution in [2.75, 3.05) is 4.72 Å². The van der Waals surface area contributed by atoms with Crippen LogP contribution in [0.5, 0.6) is 0 Å². The lowest BCUT2D eigenvalue weighted by atomic mass is 10.1. The second-order valence-corrected chi connectivity index (χ2v) is 7.98. The quantitative estimate of drug-likeness (QED) is 0.753. The first kappa shape index (κ1) is 16.5. The summed E-state index contributed by atoms with van der Waals surface area (Å²) in [6, 6.07) is 7.15. The summed E-state index contributed by atoms with van der Waals surface area (Å²) < 4.78 is 41.3. The Morgan fingerprint density at radius 2 is 1.71 bits per heavy atom. The Morgan fingerprint density at radius 3 is 2.29 bits per heavy atom. The number of sulfonamides is 1. The fourth-order valence-electron chi connectivity index (χ4n) is 1.93. The zero-order valence-electron chi connectivity index (χ0n) is 11.2. The number of hydrogen-bond donors (Lipinski definition) is 1. The van der Waals surface area contributed by atoms with E-state index in [1.165, 1.54) is 6.07 Å². The van der Waals surface area contributed by atoms with E-state index in [1.54, 1.807) is 0 Å². The van der Waals surface area contributed by atoms with Gasteiger partial charge in [0.25, 0.3) is 10.0 Å². The van der Waals surface area contributed by atoms with Crippen LogP contribution in [-0.4, -0.2) is 8.42 Å². The van der Waals surface area contributed by atoms with Crippen molar-refractivity contribution in [2.24, 2.45) is 0 Å². The summed E-state index contributed by atoms with van der Waals surface area (Å²) in [4.78, 5) is -0.0178. The topological polar surface area (TPSA) is 46.2 Å². The van der Waals surface area contributed by atoms with Gasteiger partial charge in [-0.25, -0.2) is 12.8 Å². The summed E-state index contributed by atoms with van der Waals surface area (Å²) in [5.41, 5.74) is 2.28. The molecule has 2 rings (SSSR count). The molecule has 0 aromatic heterocycles. The Morgan fingerprint density at radius 1 is 1.05 bits per heavy atom. The van der Waals surface area contributed by atoms with E-state index < -0.39 is 15.8 Å². The molecule has 0 saturated heterocycles. The van der Waals surface area contributed by atoms with Crippen LogP contribution in [0.25, 0.3) is 0 Å². The van der Waals surface area contributed by atoms with Gasteiger partial charge in [0, 0.05) is 8.95 Å². The first-order valence-electron chi connectivity index (χ1n) is 5.95. The maximum atomic E-state index is 13.1. The molecule has 112 valence electrons. The Bertz CT molecular complexity index is 784. The van der Waals surface area contributed by atoms with Gasteiger partial charge in [0.05, 0.1) is 5.69 Å². The van der Waals surface area contributed by atoms with Gasteiger partial charge in [-0.1, -0.05) is 6.07 Å². The van der Waals surface area contributed by atoms with Crippen LogP contribution in [0.2, 0.25) is 0 Å². The van der Waals surface area contributed by atoms with E-state index in [4.69, 9.17) is 0 Å². The predicted molar refractivity (Wildman–Crippen MR) is 88.5 cm³/mol. The average molecular weight is 437 g/mol. The SMILES string of the molecule is Cc1cc(C)c(NS(=O)(=O)c2ccc(F)cc2Br)c(Br)c1. The molecule has 21 heavy (non-hydrogen) atoms. The van der Waals surface area contributed by atoms with Gasteiger partial charge >= 0.3 is 0 Å². The first-order chi connectivity index (χ1) is 9.70. The molecule has 0 unspecified atom stereocenters. The molecule has 2 aromatic rings. The number of aryl methyl sites for hydroxylation is 2. The van der Waals surface area contributed by atoms with Crippen LogP contribution in [-0.2, 0) is 10.0 Å². The van der Waals surface area contributed by atoms with Crippen LogP contribution in [0.3, 0.4) is 0 Å². The molecule has 0 aliphatic heterocycles. The number of halogens is 3. The average Bonchev–Trinajstić information content (AvgIpc) is 2.33. The standard InChI is InChI=1S/C14H12Br2FNO2S/c1-8-5-9(2)14(12(16)6-8)18-21(19,20)13-4-3-10(17)7-11(13)15/h3-7,18H,1-2H3. The minimum Gasteiger partial charge on any atom is -0.278 e. The first-order valence-corrected chi connectivity index (χ1v) is 9.02. The number of benzene rings is 2. The molecule has 2 aromatic carbocycles. The highest BCUT2D eigenvalue weighted by molar-refractivity contribution is 9.11. The second kappa shape index (κ2) is 6.06. The van der Waals surface area contributed by atoms with Crippen molar-refractivity contribution in [1.29, 1.82) is 0 Å². The molecule has 0 aliphatic carbocycles. The molecule has 0 amide bonds. The normalized spacial score (nSPS) is 11.5. The largest absolute Gasteiger partial charge is 0.278 e. The van der Waals surface area contributed by atoms with Gasteiger partial charge in [-0.15, -0.1) is 0 Å². The van der Waals surface area contributed by atoms with E-state index in [0.717, 1.165) is 23.3 Å². The lowest BCUT2D eigenvalue weighted by molar-refractivity contribution is 0.599. The third-order valence-corrected chi connectivity index (χ3v) is 5.80. The fourth-order valence-corrected chi connectivity index (χ4v) is 5.03. The van der Waals surface area contributed by atoms with Gasteiger partial charge in [0.2, 0.25) is 0 Å². The van der Waals surface area contributed by atoms with E-state index in [9.17, 15) is 12.8 Å². The zero-order chi connectivity index (χ0) is 15.8. The van der Waals surface area contributed by atoms with Gasteiger partial charge < -0.3 is 0 Å². The monoisotopic (exact) mass is 435 g/mol. The van der Waals surface area contributed by atoms with E-state index in [0.29, 0.717) is 10.2 Å². The van der Waals surface area contributed by atoms with Crippen LogP contribution in [0, 0.1) is 19.7 Å². The van der Waals surface area contributed by atoms with Gasteiger partial charge in [-0.2, -0.15) is 0 Å². The second-order valence-electron chi connectivity index (χ2n) is 4.62. The predicted octanol–water partition coefficient (Wildman–Crippen LogP) is 4.77. The van der Waals surface area contributed by atoms with Gasteiger partial charge in [-0.3, -0.25) is 4.72 Å². The Kier molecular flexibility index (Phi) is 4.75. The third kappa shape index (κ3) is 3.64. The molecular weight excluding hydrogens is 425 g/mol. The molecule has 1 N–H and O–H groups in total. The smallest absolute Gasteiger partial charge is 0.263 e. The number of anilines is 1. The molecule has 7 heteroatoms. The van der Waals surface area contributed by atoms with Crippen LogP contribution >= 0.6 is 31.9 Å². The van der Waals surface area contributed by atoms with Crippen molar-refractivity contribution >= 4 is 47.6 Å². The van der Waals surface area contributed by atoms with Crippen molar-refractivity contribution in [3.63, 3.8) is 0 Å². The van der Waals surface area contributed by atoms with Crippen LogP contribution in [0.15, 0.2) is 44.2 Å². The minimum absolute atomic E-state index is 0.0178. The molecular formula is C14H12Br2FNO2S. The van der Waals surface area contributed by atoms with Crippen molar-refractivity contribution in [3.8, 4) is 0 Å². The maximum Gasteiger partial charge on any atom is 0.263 e. The molecule has 0 radical (unpaired) electrons. The van der Waals surface area contributed by atoms with Gasteiger partial charge in [0.1, 0.15) is 10.7 Å². The lowest BCUT2D eigenvalue weighted by Crippen LogP contribution is -2.15. The molecule has 0 heterocycles. The molecule has 0 spiro atoms. The van der Waals surface area contributed by atoms with Crippen LogP contribution < -0.4 is 4.72 Å². The van der Waals surface area contributed by atoms with Gasteiger partial charge in [0.15, 0.2) is 0 Å². The highest BCUT2D eigenvalue weighted by Crippen LogP contribution is 2.31. The Hall–Kier alpha value is -0.920. The summed E-state index contributed by atoms with van der Waals surface area (Å²) in [7, 11) is -3.81. The Labute approximate surface area is 139 Å². The number of rotatable bonds is 3. The molecule has 0 aliphatic rings. The van der Waals surface area contributed by atoms with Crippen molar-refractivity contribution in [2.45, 2.75) is 18.7 Å². The molecule has 0 bridgehead atoms. The fraction of sp³-hybridized carbons (Fsp3) is 0.143. The summed E-state index contributed by atoms with van der Waals surface area (Å²) in [5, 5.41) is 0. The number of nitrogens with one attached hydrogen (secondary N) is 1. The highest BCUT2D eigenvalue weighted by Gasteiger charge is 2.20. The molecule has 3 nitrogen and oxygen atoms in total.